The van der Waals surface area contributed by atoms with E-state index in [2.05, 4.69) is 262 Å². The molecule has 1 heterocycles. The molecule has 0 fully saturated rings. The summed E-state index contributed by atoms with van der Waals surface area (Å²) in [4.78, 5) is 5.04. The largest absolute Gasteiger partial charge is 0.310 e. The van der Waals surface area contributed by atoms with E-state index < -0.39 is 0 Å². The maximum Gasteiger partial charge on any atom is 0.0647 e. The van der Waals surface area contributed by atoms with Crippen molar-refractivity contribution in [2.75, 3.05) is 9.80 Å². The Morgan fingerprint density at radius 3 is 1.51 bits per heavy atom. The summed E-state index contributed by atoms with van der Waals surface area (Å²) in [5, 5.41) is 11.4. The lowest BCUT2D eigenvalue weighted by Crippen LogP contribution is -2.20. The van der Waals surface area contributed by atoms with Crippen molar-refractivity contribution in [2.24, 2.45) is 0 Å². The average Bonchev–Trinajstić information content (AvgIpc) is 3.71. The molecule has 0 aliphatic carbocycles. The number of benzene rings is 9. The van der Waals surface area contributed by atoms with Crippen LogP contribution < -0.4 is 9.80 Å². The van der Waals surface area contributed by atoms with Gasteiger partial charge < -0.3 is 9.80 Å². The third-order valence-electron chi connectivity index (χ3n) is 13.8. The van der Waals surface area contributed by atoms with Gasteiger partial charge in [0, 0.05) is 43.9 Å². The Labute approximate surface area is 402 Å². The molecule has 10 aromatic rings. The molecule has 67 heavy (non-hydrogen) atoms. The van der Waals surface area contributed by atoms with E-state index in [1.54, 1.807) is 0 Å². The smallest absolute Gasteiger partial charge is 0.0647 e. The van der Waals surface area contributed by atoms with Gasteiger partial charge in [-0.15, -0.1) is 11.3 Å². The van der Waals surface area contributed by atoms with E-state index in [1.807, 2.05) is 11.3 Å². The summed E-state index contributed by atoms with van der Waals surface area (Å²) in [5.74, 6) is 0. The highest BCUT2D eigenvalue weighted by atomic mass is 32.1. The predicted molar refractivity (Wildman–Crippen MR) is 295 cm³/mol. The monoisotopic (exact) mass is 892 g/mol. The highest BCUT2D eigenvalue weighted by molar-refractivity contribution is 7.17. The van der Waals surface area contributed by atoms with Gasteiger partial charge in [0.05, 0.1) is 5.69 Å². The van der Waals surface area contributed by atoms with Crippen LogP contribution >= 0.6 is 11.3 Å². The quantitative estimate of drug-likeness (QED) is 0.147. The molecule has 0 aliphatic rings. The van der Waals surface area contributed by atoms with Gasteiger partial charge >= 0.3 is 0 Å². The molecule has 0 saturated heterocycles. The van der Waals surface area contributed by atoms with Gasteiger partial charge in [-0.2, -0.15) is 0 Å². The Hall–Kier alpha value is -6.42. The highest BCUT2D eigenvalue weighted by Gasteiger charge is 2.28. The molecule has 0 N–H and O–H groups in total. The van der Waals surface area contributed by atoms with Gasteiger partial charge in [-0.3, -0.25) is 0 Å². The minimum Gasteiger partial charge on any atom is -0.310 e. The number of rotatable bonds is 7. The van der Waals surface area contributed by atoms with Gasteiger partial charge in [-0.05, 0) is 154 Å². The van der Waals surface area contributed by atoms with Crippen molar-refractivity contribution >= 4 is 87.9 Å². The summed E-state index contributed by atoms with van der Waals surface area (Å²) < 4.78 is 1.28. The van der Waals surface area contributed by atoms with Gasteiger partial charge in [0.1, 0.15) is 0 Å². The SMILES string of the molecule is CC(C)(C)c1ccc(N(c2cccc(-c3cc4cccc5ccc6cccc3c6c54)c2)c2cc(N(c3cc(C(C)(C)C)cc(C(C)(C)C)c3)c3csc4ccccc34)cc(C(C)(C)C)c2)cc1. The Kier molecular flexibility index (Phi) is 10.7. The molecule has 336 valence electrons. The van der Waals surface area contributed by atoms with E-state index in [1.165, 1.54) is 87.2 Å². The zero-order valence-electron chi connectivity index (χ0n) is 41.5. The van der Waals surface area contributed by atoms with Gasteiger partial charge in [0.2, 0.25) is 0 Å². The molecule has 0 unspecified atom stereocenters. The third kappa shape index (κ3) is 8.27. The molecular formula is C64H64N2S. The van der Waals surface area contributed by atoms with Crippen LogP contribution in [0.1, 0.15) is 105 Å². The first-order valence-corrected chi connectivity index (χ1v) is 24.9. The molecular weight excluding hydrogens is 829 g/mol. The van der Waals surface area contributed by atoms with Crippen LogP contribution in [0.15, 0.2) is 169 Å². The van der Waals surface area contributed by atoms with Crippen molar-refractivity contribution in [1.82, 2.24) is 0 Å². The first-order chi connectivity index (χ1) is 31.7. The third-order valence-corrected chi connectivity index (χ3v) is 14.8. The fourth-order valence-corrected chi connectivity index (χ4v) is 10.8. The van der Waals surface area contributed by atoms with Crippen molar-refractivity contribution in [2.45, 2.75) is 105 Å². The molecule has 0 aliphatic heterocycles. The second kappa shape index (κ2) is 16.1. The lowest BCUT2D eigenvalue weighted by Gasteiger charge is -2.34. The molecule has 0 atom stereocenters. The van der Waals surface area contributed by atoms with Crippen molar-refractivity contribution in [1.29, 1.82) is 0 Å². The van der Waals surface area contributed by atoms with Gasteiger partial charge in [-0.25, -0.2) is 0 Å². The molecule has 0 saturated carbocycles. The summed E-state index contributed by atoms with van der Waals surface area (Å²) in [6.45, 7) is 27.9. The molecule has 0 bridgehead atoms. The molecule has 2 nitrogen and oxygen atoms in total. The van der Waals surface area contributed by atoms with Crippen LogP contribution in [0.4, 0.5) is 34.1 Å². The van der Waals surface area contributed by atoms with Crippen LogP contribution in [0.2, 0.25) is 0 Å². The zero-order chi connectivity index (χ0) is 47.2. The number of thiophene rings is 1. The number of fused-ring (bicyclic) bond motifs is 1. The van der Waals surface area contributed by atoms with Crippen molar-refractivity contribution in [3.63, 3.8) is 0 Å². The van der Waals surface area contributed by atoms with Gasteiger partial charge in [-0.1, -0.05) is 180 Å². The minimum absolute atomic E-state index is 0.0214. The molecule has 0 radical (unpaired) electrons. The van der Waals surface area contributed by atoms with E-state index in [4.69, 9.17) is 0 Å². The van der Waals surface area contributed by atoms with E-state index in [9.17, 15) is 0 Å². The van der Waals surface area contributed by atoms with E-state index in [-0.39, 0.29) is 21.7 Å². The predicted octanol–water partition coefficient (Wildman–Crippen LogP) is 19.6. The molecule has 0 amide bonds. The molecule has 9 aromatic carbocycles. The van der Waals surface area contributed by atoms with Gasteiger partial charge in [0.15, 0.2) is 0 Å². The fourth-order valence-electron chi connectivity index (χ4n) is 9.83. The lowest BCUT2D eigenvalue weighted by molar-refractivity contribution is 0.569. The minimum atomic E-state index is -0.152. The van der Waals surface area contributed by atoms with Crippen LogP contribution in [0.3, 0.4) is 0 Å². The Bertz CT molecular complexity index is 3420. The van der Waals surface area contributed by atoms with Crippen LogP contribution in [-0.2, 0) is 21.7 Å². The van der Waals surface area contributed by atoms with Gasteiger partial charge in [0.25, 0.3) is 0 Å². The zero-order valence-corrected chi connectivity index (χ0v) is 42.3. The topological polar surface area (TPSA) is 6.48 Å². The Morgan fingerprint density at radius 2 is 0.866 bits per heavy atom. The molecule has 1 aromatic heterocycles. The van der Waals surface area contributed by atoms with Crippen LogP contribution in [0.25, 0.3) is 53.5 Å². The Balaban J connectivity index is 1.24. The Morgan fingerprint density at radius 1 is 0.343 bits per heavy atom. The van der Waals surface area contributed by atoms with Crippen LogP contribution in [-0.4, -0.2) is 0 Å². The second-order valence-corrected chi connectivity index (χ2v) is 23.8. The number of nitrogens with zero attached hydrogens (tertiary/aromatic N) is 2. The van der Waals surface area contributed by atoms with Crippen molar-refractivity contribution in [3.05, 3.63) is 191 Å². The molecule has 3 heteroatoms. The lowest BCUT2D eigenvalue weighted by atomic mass is 9.80. The first kappa shape index (κ1) is 44.4. The highest BCUT2D eigenvalue weighted by Crippen LogP contribution is 2.49. The summed E-state index contributed by atoms with van der Waals surface area (Å²) in [6, 6.07) is 62.4. The van der Waals surface area contributed by atoms with Crippen molar-refractivity contribution in [3.8, 4) is 11.1 Å². The maximum absolute atomic E-state index is 2.55. The summed E-state index contributed by atoms with van der Waals surface area (Å²) >= 11 is 1.82. The fraction of sp³-hybridized carbons (Fsp3) is 0.250. The van der Waals surface area contributed by atoms with E-state index >= 15 is 0 Å². The van der Waals surface area contributed by atoms with Crippen LogP contribution in [0.5, 0.6) is 0 Å². The maximum atomic E-state index is 2.55. The van der Waals surface area contributed by atoms with E-state index in [0.717, 1.165) is 22.7 Å². The first-order valence-electron chi connectivity index (χ1n) is 24.0. The number of hydrogen-bond donors (Lipinski definition) is 0. The molecule has 0 spiro atoms. The normalized spacial score (nSPS) is 12.8. The van der Waals surface area contributed by atoms with Crippen molar-refractivity contribution < 1.29 is 0 Å². The average molecular weight is 893 g/mol. The van der Waals surface area contributed by atoms with E-state index in [0.29, 0.717) is 0 Å². The molecule has 10 rings (SSSR count). The summed E-state index contributed by atoms with van der Waals surface area (Å²) in [5.41, 5.74) is 14.3. The second-order valence-electron chi connectivity index (χ2n) is 22.9. The standard InChI is InChI=1S/C64H64N2S/c1-61(2,3)45-28-30-49(31-29-45)65(50-22-16-20-43(32-50)56-33-44-21-15-18-41-26-27-42-19-17-24-54(56)60(42)59(41)44)52-37-48(64(10,11)12)38-53(39-52)66(57-40-67-58-25-14-13-23-55(57)58)51-35-46(62(4,5)6)34-47(36-51)63(7,8)9/h13-40H,1-12H3. The summed E-state index contributed by atoms with van der Waals surface area (Å²) in [7, 11) is 0. The number of hydrogen-bond acceptors (Lipinski definition) is 3. The number of anilines is 6. The van der Waals surface area contributed by atoms with Crippen LogP contribution in [0, 0.1) is 0 Å². The summed E-state index contributed by atoms with van der Waals surface area (Å²) in [6.07, 6.45) is 0.